The van der Waals surface area contributed by atoms with E-state index in [0.29, 0.717) is 18.5 Å². The molecule has 1 amide bonds. The van der Waals surface area contributed by atoms with Gasteiger partial charge in [-0.1, -0.05) is 12.1 Å². The highest BCUT2D eigenvalue weighted by Crippen LogP contribution is 2.15. The number of esters is 1. The SMILES string of the molecule is COC(=O)c1ccc(CN2CCN(Cc3ccsc3)CCC2=O)cc1. The number of nitrogens with zero attached hydrogens (tertiary/aromatic N) is 2. The summed E-state index contributed by atoms with van der Waals surface area (Å²) in [5.41, 5.74) is 2.85. The Morgan fingerprint density at radius 2 is 1.88 bits per heavy atom. The molecule has 3 rings (SSSR count). The summed E-state index contributed by atoms with van der Waals surface area (Å²) in [5.74, 6) is -0.161. The molecule has 2 aromatic rings. The number of rotatable bonds is 5. The van der Waals surface area contributed by atoms with Crippen molar-refractivity contribution >= 4 is 23.2 Å². The summed E-state index contributed by atoms with van der Waals surface area (Å²) >= 11 is 1.70. The third-order valence-corrected chi connectivity index (χ3v) is 5.15. The van der Waals surface area contributed by atoms with Crippen molar-refractivity contribution in [2.24, 2.45) is 0 Å². The smallest absolute Gasteiger partial charge is 0.337 e. The Hall–Kier alpha value is -2.18. The number of carbonyl (C=O) groups excluding carboxylic acids is 2. The number of amides is 1. The van der Waals surface area contributed by atoms with E-state index in [4.69, 9.17) is 4.74 Å². The lowest BCUT2D eigenvalue weighted by Crippen LogP contribution is -2.32. The van der Waals surface area contributed by atoms with Crippen LogP contribution in [0.1, 0.15) is 27.9 Å². The maximum atomic E-state index is 12.4. The quantitative estimate of drug-likeness (QED) is 0.771. The standard InChI is InChI=1S/C19H22N2O3S/c1-24-19(23)17-4-2-15(3-5-17)13-21-10-9-20(8-6-18(21)22)12-16-7-11-25-14-16/h2-5,7,11,14H,6,8-10,12-13H2,1H3. The summed E-state index contributed by atoms with van der Waals surface area (Å²) in [7, 11) is 1.37. The van der Waals surface area contributed by atoms with Gasteiger partial charge in [0.05, 0.1) is 12.7 Å². The molecule has 132 valence electrons. The third kappa shape index (κ3) is 4.67. The minimum atomic E-state index is -0.346. The molecule has 6 heteroatoms. The minimum absolute atomic E-state index is 0.185. The molecule has 0 atom stereocenters. The Morgan fingerprint density at radius 3 is 2.56 bits per heavy atom. The first kappa shape index (κ1) is 17.6. The van der Waals surface area contributed by atoms with Crippen LogP contribution in [0, 0.1) is 0 Å². The van der Waals surface area contributed by atoms with Crippen molar-refractivity contribution in [2.75, 3.05) is 26.7 Å². The van der Waals surface area contributed by atoms with E-state index in [0.717, 1.165) is 31.7 Å². The van der Waals surface area contributed by atoms with Crippen molar-refractivity contribution in [1.29, 1.82) is 0 Å². The Labute approximate surface area is 151 Å². The van der Waals surface area contributed by atoms with Gasteiger partial charge in [0.1, 0.15) is 0 Å². The van der Waals surface area contributed by atoms with Crippen molar-refractivity contribution in [3.8, 4) is 0 Å². The van der Waals surface area contributed by atoms with Gasteiger partial charge in [0.15, 0.2) is 0 Å². The predicted molar refractivity (Wildman–Crippen MR) is 97.4 cm³/mol. The van der Waals surface area contributed by atoms with Gasteiger partial charge in [-0.25, -0.2) is 4.79 Å². The fraction of sp³-hybridized carbons (Fsp3) is 0.368. The number of carbonyl (C=O) groups is 2. The Kier molecular flexibility index (Phi) is 5.83. The highest BCUT2D eigenvalue weighted by molar-refractivity contribution is 7.07. The fourth-order valence-electron chi connectivity index (χ4n) is 2.96. The summed E-state index contributed by atoms with van der Waals surface area (Å²) in [6.07, 6.45) is 0.546. The van der Waals surface area contributed by atoms with Crippen LogP contribution < -0.4 is 0 Å². The molecule has 1 aliphatic heterocycles. The van der Waals surface area contributed by atoms with Gasteiger partial charge in [0.25, 0.3) is 0 Å². The molecule has 1 aromatic heterocycles. The average Bonchev–Trinajstić information content (AvgIpc) is 3.09. The van der Waals surface area contributed by atoms with Gasteiger partial charge in [0.2, 0.25) is 5.91 Å². The molecule has 1 aliphatic rings. The molecule has 5 nitrogen and oxygen atoms in total. The molecule has 0 N–H and O–H groups in total. The zero-order valence-corrected chi connectivity index (χ0v) is 15.1. The Bertz CT molecular complexity index is 713. The Balaban J connectivity index is 1.58. The number of benzene rings is 1. The second-order valence-corrected chi connectivity index (χ2v) is 6.94. The lowest BCUT2D eigenvalue weighted by Gasteiger charge is -2.22. The summed E-state index contributed by atoms with van der Waals surface area (Å²) in [4.78, 5) is 28.1. The van der Waals surface area contributed by atoms with Crippen LogP contribution in [-0.2, 0) is 22.6 Å². The van der Waals surface area contributed by atoms with Crippen LogP contribution >= 0.6 is 11.3 Å². The normalized spacial score (nSPS) is 15.9. The van der Waals surface area contributed by atoms with Gasteiger partial charge in [-0.2, -0.15) is 11.3 Å². The average molecular weight is 358 g/mol. The van der Waals surface area contributed by atoms with Crippen molar-refractivity contribution < 1.29 is 14.3 Å². The van der Waals surface area contributed by atoms with Crippen molar-refractivity contribution in [3.05, 3.63) is 57.8 Å². The monoisotopic (exact) mass is 358 g/mol. The molecule has 0 saturated carbocycles. The molecular weight excluding hydrogens is 336 g/mol. The first-order chi connectivity index (χ1) is 12.2. The van der Waals surface area contributed by atoms with Crippen molar-refractivity contribution in [1.82, 2.24) is 9.80 Å². The van der Waals surface area contributed by atoms with Crippen LogP contribution in [0.5, 0.6) is 0 Å². The van der Waals surface area contributed by atoms with Crippen LogP contribution in [0.4, 0.5) is 0 Å². The van der Waals surface area contributed by atoms with E-state index in [1.165, 1.54) is 12.7 Å². The minimum Gasteiger partial charge on any atom is -0.465 e. The number of hydrogen-bond acceptors (Lipinski definition) is 5. The van der Waals surface area contributed by atoms with Crippen LogP contribution in [0.3, 0.4) is 0 Å². The maximum absolute atomic E-state index is 12.4. The highest BCUT2D eigenvalue weighted by atomic mass is 32.1. The Morgan fingerprint density at radius 1 is 1.08 bits per heavy atom. The number of thiophene rings is 1. The van der Waals surface area contributed by atoms with E-state index in [9.17, 15) is 9.59 Å². The number of ether oxygens (including phenoxy) is 1. The summed E-state index contributed by atoms with van der Waals surface area (Å²) in [6.45, 7) is 3.88. The lowest BCUT2D eigenvalue weighted by atomic mass is 10.1. The number of methoxy groups -OCH3 is 1. The van der Waals surface area contributed by atoms with Crippen molar-refractivity contribution in [2.45, 2.75) is 19.5 Å². The highest BCUT2D eigenvalue weighted by Gasteiger charge is 2.21. The van der Waals surface area contributed by atoms with E-state index in [2.05, 4.69) is 21.7 Å². The van der Waals surface area contributed by atoms with Crippen molar-refractivity contribution in [3.63, 3.8) is 0 Å². The zero-order chi connectivity index (χ0) is 17.6. The van der Waals surface area contributed by atoms with E-state index in [-0.39, 0.29) is 11.9 Å². The van der Waals surface area contributed by atoms with Crippen LogP contribution in [0.2, 0.25) is 0 Å². The molecule has 1 saturated heterocycles. The topological polar surface area (TPSA) is 49.9 Å². The van der Waals surface area contributed by atoms with Crippen LogP contribution in [-0.4, -0.2) is 48.4 Å². The summed E-state index contributed by atoms with van der Waals surface area (Å²) < 4.78 is 4.71. The molecule has 2 heterocycles. The van der Waals surface area contributed by atoms with E-state index < -0.39 is 0 Å². The molecular formula is C19H22N2O3S. The van der Waals surface area contributed by atoms with Gasteiger partial charge < -0.3 is 9.64 Å². The molecule has 0 unspecified atom stereocenters. The predicted octanol–water partition coefficient (Wildman–Crippen LogP) is 2.77. The van der Waals surface area contributed by atoms with Gasteiger partial charge in [-0.05, 0) is 40.1 Å². The van der Waals surface area contributed by atoms with Gasteiger partial charge in [-0.15, -0.1) is 0 Å². The molecule has 0 bridgehead atoms. The second kappa shape index (κ2) is 8.27. The van der Waals surface area contributed by atoms with Crippen LogP contribution in [0.25, 0.3) is 0 Å². The molecule has 0 spiro atoms. The van der Waals surface area contributed by atoms with Gasteiger partial charge in [0, 0.05) is 39.1 Å². The van der Waals surface area contributed by atoms with Gasteiger partial charge in [-0.3, -0.25) is 9.69 Å². The first-order valence-electron chi connectivity index (χ1n) is 8.34. The maximum Gasteiger partial charge on any atom is 0.337 e. The molecule has 0 aliphatic carbocycles. The van der Waals surface area contributed by atoms with E-state index in [1.807, 2.05) is 17.0 Å². The van der Waals surface area contributed by atoms with Crippen LogP contribution in [0.15, 0.2) is 41.1 Å². The van der Waals surface area contributed by atoms with Gasteiger partial charge >= 0.3 is 5.97 Å². The molecule has 0 radical (unpaired) electrons. The molecule has 25 heavy (non-hydrogen) atoms. The molecule has 1 fully saturated rings. The molecule has 1 aromatic carbocycles. The third-order valence-electron chi connectivity index (χ3n) is 4.42. The second-order valence-electron chi connectivity index (χ2n) is 6.16. The fourth-order valence-corrected chi connectivity index (χ4v) is 3.62. The number of hydrogen-bond donors (Lipinski definition) is 0. The van der Waals surface area contributed by atoms with E-state index >= 15 is 0 Å². The largest absolute Gasteiger partial charge is 0.465 e. The lowest BCUT2D eigenvalue weighted by molar-refractivity contribution is -0.130. The zero-order valence-electron chi connectivity index (χ0n) is 14.3. The summed E-state index contributed by atoms with van der Waals surface area (Å²) in [6, 6.07) is 9.39. The van der Waals surface area contributed by atoms with E-state index in [1.54, 1.807) is 23.5 Å². The summed E-state index contributed by atoms with van der Waals surface area (Å²) in [5, 5.41) is 4.25. The first-order valence-corrected chi connectivity index (χ1v) is 9.28.